The summed E-state index contributed by atoms with van der Waals surface area (Å²) in [7, 11) is 1.06. The van der Waals surface area contributed by atoms with Crippen LogP contribution in [0.15, 0.2) is 42.9 Å². The number of fused-ring (bicyclic) bond motifs is 1. The Labute approximate surface area is 198 Å². The molecule has 1 aliphatic carbocycles. The van der Waals surface area contributed by atoms with E-state index in [-0.39, 0.29) is 22.3 Å². The van der Waals surface area contributed by atoms with Crippen LogP contribution in [-0.4, -0.2) is 45.0 Å². The zero-order valence-electron chi connectivity index (χ0n) is 18.2. The summed E-state index contributed by atoms with van der Waals surface area (Å²) in [6.07, 6.45) is -0.179. The fourth-order valence-corrected chi connectivity index (χ4v) is 4.21. The SMILES string of the molecule is Cc1ncc(C(=O)N(C)C(c2ccc(NC3Cc4ccc(Cl)c(F)c4C3)cn2)C(F)(F)F)cn1. The molecule has 1 aliphatic rings. The topological polar surface area (TPSA) is 71.0 Å². The lowest BCUT2D eigenvalue weighted by molar-refractivity contribution is -0.177. The molecule has 0 radical (unpaired) electrons. The Kier molecular flexibility index (Phi) is 6.44. The van der Waals surface area contributed by atoms with E-state index in [1.54, 1.807) is 13.0 Å². The van der Waals surface area contributed by atoms with Crippen LogP contribution in [0.4, 0.5) is 23.2 Å². The number of aromatic nitrogens is 3. The fraction of sp³-hybridized carbons (Fsp3) is 0.304. The van der Waals surface area contributed by atoms with Crippen molar-refractivity contribution in [3.8, 4) is 0 Å². The molecule has 0 bridgehead atoms. The second-order valence-corrected chi connectivity index (χ2v) is 8.51. The molecule has 2 atom stereocenters. The van der Waals surface area contributed by atoms with Gasteiger partial charge in [-0.15, -0.1) is 0 Å². The van der Waals surface area contributed by atoms with Crippen molar-refractivity contribution in [1.29, 1.82) is 0 Å². The maximum absolute atomic E-state index is 14.2. The predicted molar refractivity (Wildman–Crippen MR) is 118 cm³/mol. The number of pyridine rings is 1. The molecule has 3 aromatic rings. The van der Waals surface area contributed by atoms with Crippen molar-refractivity contribution in [2.45, 2.75) is 38.0 Å². The van der Waals surface area contributed by atoms with Gasteiger partial charge >= 0.3 is 6.18 Å². The zero-order valence-corrected chi connectivity index (χ0v) is 19.0. The number of rotatable bonds is 5. The smallest absolute Gasteiger partial charge is 0.380 e. The zero-order chi connectivity index (χ0) is 24.6. The number of halogens is 5. The van der Waals surface area contributed by atoms with Crippen molar-refractivity contribution in [3.63, 3.8) is 0 Å². The van der Waals surface area contributed by atoms with Crippen LogP contribution in [0.5, 0.6) is 0 Å². The highest BCUT2D eigenvalue weighted by Gasteiger charge is 2.46. The van der Waals surface area contributed by atoms with Gasteiger partial charge in [-0.2, -0.15) is 13.2 Å². The van der Waals surface area contributed by atoms with Crippen molar-refractivity contribution < 1.29 is 22.4 Å². The summed E-state index contributed by atoms with van der Waals surface area (Å²) < 4.78 is 56.0. The number of benzene rings is 1. The highest BCUT2D eigenvalue weighted by molar-refractivity contribution is 6.30. The number of anilines is 1. The third-order valence-corrected chi connectivity index (χ3v) is 5.98. The van der Waals surface area contributed by atoms with Crippen LogP contribution in [0.25, 0.3) is 0 Å². The number of hydrogen-bond acceptors (Lipinski definition) is 5. The van der Waals surface area contributed by atoms with Crippen molar-refractivity contribution in [2.24, 2.45) is 0 Å². The maximum atomic E-state index is 14.2. The largest absolute Gasteiger partial charge is 0.414 e. The number of aryl methyl sites for hydroxylation is 1. The van der Waals surface area contributed by atoms with E-state index in [0.29, 0.717) is 34.8 Å². The summed E-state index contributed by atoms with van der Waals surface area (Å²) >= 11 is 5.85. The average Bonchev–Trinajstić information content (AvgIpc) is 3.20. The van der Waals surface area contributed by atoms with E-state index in [1.165, 1.54) is 36.8 Å². The molecule has 4 rings (SSSR count). The normalized spacial score (nSPS) is 16.1. The van der Waals surface area contributed by atoms with Crippen LogP contribution in [0.3, 0.4) is 0 Å². The Morgan fingerprint density at radius 3 is 2.44 bits per heavy atom. The van der Waals surface area contributed by atoms with E-state index >= 15 is 0 Å². The van der Waals surface area contributed by atoms with Gasteiger partial charge in [0.1, 0.15) is 11.6 Å². The fourth-order valence-electron chi connectivity index (χ4n) is 4.03. The number of carbonyl (C=O) groups excluding carboxylic acids is 1. The lowest BCUT2D eigenvalue weighted by atomic mass is 10.1. The Hall–Kier alpha value is -3.27. The number of amides is 1. The highest BCUT2D eigenvalue weighted by atomic mass is 35.5. The Morgan fingerprint density at radius 1 is 1.12 bits per heavy atom. The average molecular weight is 494 g/mol. The van der Waals surface area contributed by atoms with E-state index in [9.17, 15) is 22.4 Å². The van der Waals surface area contributed by atoms with Gasteiger partial charge in [-0.1, -0.05) is 17.7 Å². The third-order valence-electron chi connectivity index (χ3n) is 5.69. The minimum Gasteiger partial charge on any atom is -0.380 e. The minimum absolute atomic E-state index is 0.0551. The lowest BCUT2D eigenvalue weighted by Gasteiger charge is -2.29. The molecule has 34 heavy (non-hydrogen) atoms. The molecule has 2 unspecified atom stereocenters. The first-order valence-corrected chi connectivity index (χ1v) is 10.7. The number of nitrogens with one attached hydrogen (secondary N) is 1. The number of nitrogens with zero attached hydrogens (tertiary/aromatic N) is 4. The molecule has 0 saturated heterocycles. The molecule has 0 fully saturated rings. The second-order valence-electron chi connectivity index (χ2n) is 8.10. The molecular weight excluding hydrogens is 474 g/mol. The Morgan fingerprint density at radius 2 is 1.82 bits per heavy atom. The number of alkyl halides is 3. The lowest BCUT2D eigenvalue weighted by Crippen LogP contribution is -2.40. The molecule has 0 spiro atoms. The summed E-state index contributed by atoms with van der Waals surface area (Å²) in [5.41, 5.74) is 1.45. The van der Waals surface area contributed by atoms with E-state index in [0.717, 1.165) is 12.6 Å². The van der Waals surface area contributed by atoms with Crippen LogP contribution >= 0.6 is 11.6 Å². The number of hydrogen-bond donors (Lipinski definition) is 1. The minimum atomic E-state index is -4.76. The molecule has 2 aromatic heterocycles. The van der Waals surface area contributed by atoms with Crippen LogP contribution in [0.1, 0.15) is 39.0 Å². The molecule has 1 N–H and O–H groups in total. The standard InChI is InChI=1S/C23H20ClF4N5O/c1-12-29-9-14(10-30-12)22(34)33(2)21(23(26,27)28)19-6-4-15(11-31-19)32-16-7-13-3-5-18(24)20(25)17(13)8-16/h3-6,9-11,16,21,32H,7-8H2,1-2H3. The Balaban J connectivity index is 1.50. The van der Waals surface area contributed by atoms with Gasteiger partial charge in [-0.3, -0.25) is 9.78 Å². The van der Waals surface area contributed by atoms with Gasteiger partial charge in [0.2, 0.25) is 0 Å². The molecule has 0 aliphatic heterocycles. The maximum Gasteiger partial charge on any atom is 0.414 e. The first-order chi connectivity index (χ1) is 16.0. The summed E-state index contributed by atoms with van der Waals surface area (Å²) in [4.78, 5) is 24.9. The molecule has 2 heterocycles. The third kappa shape index (κ3) is 4.82. The van der Waals surface area contributed by atoms with Gasteiger partial charge in [0.15, 0.2) is 6.04 Å². The van der Waals surface area contributed by atoms with Crippen molar-refractivity contribution >= 4 is 23.2 Å². The van der Waals surface area contributed by atoms with Crippen LogP contribution < -0.4 is 5.32 Å². The summed E-state index contributed by atoms with van der Waals surface area (Å²) in [5, 5.41) is 3.23. The van der Waals surface area contributed by atoms with Gasteiger partial charge in [-0.05, 0) is 49.1 Å². The first kappa shape index (κ1) is 23.9. The van der Waals surface area contributed by atoms with Gasteiger partial charge in [0.05, 0.1) is 28.2 Å². The molecule has 1 amide bonds. The number of carbonyl (C=O) groups is 1. The van der Waals surface area contributed by atoms with Gasteiger partial charge in [0, 0.05) is 25.5 Å². The van der Waals surface area contributed by atoms with Gasteiger partial charge in [-0.25, -0.2) is 14.4 Å². The molecule has 1 aromatic carbocycles. The van der Waals surface area contributed by atoms with Crippen LogP contribution in [-0.2, 0) is 12.8 Å². The van der Waals surface area contributed by atoms with E-state index in [2.05, 4.69) is 20.3 Å². The molecule has 178 valence electrons. The summed E-state index contributed by atoms with van der Waals surface area (Å²) in [6.45, 7) is 1.60. The predicted octanol–water partition coefficient (Wildman–Crippen LogP) is 4.93. The molecule has 11 heteroatoms. The molecular formula is C23H20ClF4N5O. The van der Waals surface area contributed by atoms with Crippen molar-refractivity contribution in [3.05, 3.63) is 81.9 Å². The summed E-state index contributed by atoms with van der Waals surface area (Å²) in [6, 6.07) is 3.54. The second kappa shape index (κ2) is 9.17. The molecule has 6 nitrogen and oxygen atoms in total. The Bertz CT molecular complexity index is 1200. The summed E-state index contributed by atoms with van der Waals surface area (Å²) in [5.74, 6) is -0.931. The molecule has 0 saturated carbocycles. The quantitative estimate of drug-likeness (QED) is 0.510. The van der Waals surface area contributed by atoms with E-state index in [1.807, 2.05) is 0 Å². The van der Waals surface area contributed by atoms with Crippen molar-refractivity contribution in [1.82, 2.24) is 19.9 Å². The van der Waals surface area contributed by atoms with E-state index < -0.39 is 23.9 Å². The monoisotopic (exact) mass is 493 g/mol. The van der Waals surface area contributed by atoms with Gasteiger partial charge < -0.3 is 10.2 Å². The van der Waals surface area contributed by atoms with Crippen molar-refractivity contribution in [2.75, 3.05) is 12.4 Å². The highest BCUT2D eigenvalue weighted by Crippen LogP contribution is 2.37. The van der Waals surface area contributed by atoms with Gasteiger partial charge in [0.25, 0.3) is 5.91 Å². The first-order valence-electron chi connectivity index (χ1n) is 10.4. The van der Waals surface area contributed by atoms with E-state index in [4.69, 9.17) is 11.6 Å². The van der Waals surface area contributed by atoms with Crippen LogP contribution in [0.2, 0.25) is 5.02 Å². The van der Waals surface area contributed by atoms with Crippen LogP contribution in [0, 0.1) is 12.7 Å².